The monoisotopic (exact) mass is 681 g/mol. The minimum absolute atomic E-state index is 0.306. The number of alkyl halides is 1. The highest BCUT2D eigenvalue weighted by atomic mass is 35.5. The molecule has 0 aromatic carbocycles. The standard InChI is InChI=1S/C18H36O2.C12H24O2.C5H14N2.C2H3ClO2/c1-2-3-4-5-6-7-8-9-10-11-12-13-14-15-16-17-18(19)20;1-2-3-4-5-6-7-8-9-10-11-12(13)14;1-7(2)5-3-4-6;3-1-2(4)5/h2-17H2,1H3,(H,19,20);2-11H2,1H3,(H,13,14);3-6H2,1-2H3;1H2,(H,4,5). The van der Waals surface area contributed by atoms with Gasteiger partial charge in [-0.15, -0.1) is 11.6 Å². The molecule has 0 unspecified atom stereocenters. The van der Waals surface area contributed by atoms with Crippen molar-refractivity contribution < 1.29 is 29.7 Å². The average Bonchev–Trinajstić information content (AvgIpc) is 3.01. The molecule has 278 valence electrons. The molecule has 0 aliphatic rings. The topological polar surface area (TPSA) is 141 Å². The van der Waals surface area contributed by atoms with Crippen LogP contribution in [0, 0.1) is 0 Å². The molecule has 0 saturated heterocycles. The summed E-state index contributed by atoms with van der Waals surface area (Å²) in [5, 5.41) is 24.5. The van der Waals surface area contributed by atoms with Gasteiger partial charge in [0, 0.05) is 12.8 Å². The van der Waals surface area contributed by atoms with Crippen molar-refractivity contribution in [2.45, 2.75) is 187 Å². The zero-order valence-electron chi connectivity index (χ0n) is 30.7. The van der Waals surface area contributed by atoms with Gasteiger partial charge in [-0.2, -0.15) is 0 Å². The van der Waals surface area contributed by atoms with Crippen molar-refractivity contribution in [1.29, 1.82) is 0 Å². The number of aliphatic carboxylic acids is 3. The molecular weight excluding hydrogens is 604 g/mol. The number of rotatable bonds is 30. The van der Waals surface area contributed by atoms with Crippen LogP contribution in [0.1, 0.15) is 187 Å². The van der Waals surface area contributed by atoms with E-state index in [1.807, 2.05) is 0 Å². The maximum Gasteiger partial charge on any atom is 0.318 e. The molecule has 0 aromatic rings. The molecule has 46 heavy (non-hydrogen) atoms. The number of halogens is 1. The number of hydrogen-bond donors (Lipinski definition) is 4. The third-order valence-corrected chi connectivity index (χ3v) is 7.64. The van der Waals surface area contributed by atoms with Gasteiger partial charge in [-0.25, -0.2) is 0 Å². The summed E-state index contributed by atoms with van der Waals surface area (Å²) in [4.78, 5) is 31.9. The Balaban J connectivity index is -0.000000292. The summed E-state index contributed by atoms with van der Waals surface area (Å²) in [7, 11) is 4.10. The number of carboxylic acids is 3. The van der Waals surface area contributed by atoms with Crippen LogP contribution in [0.4, 0.5) is 0 Å². The van der Waals surface area contributed by atoms with Crippen LogP contribution < -0.4 is 5.73 Å². The molecule has 0 rings (SSSR count). The van der Waals surface area contributed by atoms with Crippen LogP contribution in [-0.4, -0.2) is 71.2 Å². The summed E-state index contributed by atoms with van der Waals surface area (Å²) in [5.41, 5.74) is 5.25. The van der Waals surface area contributed by atoms with Crippen LogP contribution >= 0.6 is 11.6 Å². The highest BCUT2D eigenvalue weighted by Crippen LogP contribution is 2.14. The predicted octanol–water partition coefficient (Wildman–Crippen LogP) is 10.5. The second-order valence-corrected chi connectivity index (χ2v) is 12.8. The van der Waals surface area contributed by atoms with Gasteiger partial charge in [0.15, 0.2) is 0 Å². The zero-order valence-corrected chi connectivity index (χ0v) is 31.4. The quantitative estimate of drug-likeness (QED) is 0.0434. The first-order valence-electron chi connectivity index (χ1n) is 18.6. The number of nitrogens with two attached hydrogens (primary N) is 1. The molecule has 0 heterocycles. The van der Waals surface area contributed by atoms with E-state index in [0.29, 0.717) is 12.8 Å². The molecule has 0 radical (unpaired) electrons. The van der Waals surface area contributed by atoms with Crippen LogP contribution in [0.2, 0.25) is 0 Å². The molecule has 0 fully saturated rings. The van der Waals surface area contributed by atoms with Gasteiger partial charge < -0.3 is 26.0 Å². The van der Waals surface area contributed by atoms with Crippen molar-refractivity contribution in [3.05, 3.63) is 0 Å². The van der Waals surface area contributed by atoms with Gasteiger partial charge in [0.1, 0.15) is 5.88 Å². The van der Waals surface area contributed by atoms with Crippen molar-refractivity contribution in [3.63, 3.8) is 0 Å². The predicted molar refractivity (Wildman–Crippen MR) is 197 cm³/mol. The van der Waals surface area contributed by atoms with E-state index < -0.39 is 17.9 Å². The number of unbranched alkanes of at least 4 members (excludes halogenated alkanes) is 22. The third kappa shape index (κ3) is 69.4. The van der Waals surface area contributed by atoms with Crippen LogP contribution in [0.5, 0.6) is 0 Å². The Labute approximate surface area is 289 Å². The van der Waals surface area contributed by atoms with Crippen molar-refractivity contribution in [2.24, 2.45) is 5.73 Å². The normalized spacial score (nSPS) is 10.2. The van der Waals surface area contributed by atoms with Gasteiger partial charge in [0.25, 0.3) is 0 Å². The lowest BCUT2D eigenvalue weighted by Crippen LogP contribution is -2.16. The zero-order chi connectivity index (χ0) is 35.5. The Morgan fingerprint density at radius 1 is 0.478 bits per heavy atom. The number of carbonyl (C=O) groups is 3. The fourth-order valence-corrected chi connectivity index (χ4v) is 4.64. The van der Waals surface area contributed by atoms with Gasteiger partial charge >= 0.3 is 17.9 Å². The first-order valence-corrected chi connectivity index (χ1v) is 19.2. The van der Waals surface area contributed by atoms with E-state index in [9.17, 15) is 14.4 Å². The van der Waals surface area contributed by atoms with Crippen molar-refractivity contribution in [2.75, 3.05) is 33.1 Å². The molecule has 0 spiro atoms. The minimum atomic E-state index is -0.980. The van der Waals surface area contributed by atoms with E-state index in [0.717, 1.165) is 45.2 Å². The van der Waals surface area contributed by atoms with Crippen molar-refractivity contribution in [1.82, 2.24) is 4.90 Å². The summed E-state index contributed by atoms with van der Waals surface area (Å²) in [6.45, 7) is 6.41. The Morgan fingerprint density at radius 3 is 0.870 bits per heavy atom. The highest BCUT2D eigenvalue weighted by Gasteiger charge is 1.98. The first-order chi connectivity index (χ1) is 22.1. The van der Waals surface area contributed by atoms with E-state index in [1.165, 1.54) is 128 Å². The van der Waals surface area contributed by atoms with Gasteiger partial charge in [-0.3, -0.25) is 14.4 Å². The minimum Gasteiger partial charge on any atom is -0.481 e. The van der Waals surface area contributed by atoms with E-state index >= 15 is 0 Å². The van der Waals surface area contributed by atoms with Gasteiger partial charge in [0.05, 0.1) is 0 Å². The molecule has 9 heteroatoms. The second-order valence-electron chi connectivity index (χ2n) is 12.5. The molecule has 0 amide bonds. The molecule has 0 atom stereocenters. The molecular formula is C37H77ClN2O6. The molecule has 0 saturated carbocycles. The number of nitrogens with zero attached hydrogens (tertiary/aromatic N) is 1. The Kier molecular flexibility index (Phi) is 53.7. The van der Waals surface area contributed by atoms with Gasteiger partial charge in [-0.1, -0.05) is 155 Å². The van der Waals surface area contributed by atoms with Crippen molar-refractivity contribution >= 4 is 29.5 Å². The molecule has 0 bridgehead atoms. The summed E-state index contributed by atoms with van der Waals surface area (Å²) < 4.78 is 0. The fraction of sp³-hybridized carbons (Fsp3) is 0.919. The van der Waals surface area contributed by atoms with Crippen LogP contribution in [0.25, 0.3) is 0 Å². The van der Waals surface area contributed by atoms with E-state index in [2.05, 4.69) is 32.8 Å². The largest absolute Gasteiger partial charge is 0.481 e. The Morgan fingerprint density at radius 2 is 0.717 bits per heavy atom. The van der Waals surface area contributed by atoms with Crippen molar-refractivity contribution in [3.8, 4) is 0 Å². The molecule has 0 aliphatic carbocycles. The maximum atomic E-state index is 10.3. The van der Waals surface area contributed by atoms with E-state index in [1.54, 1.807) is 0 Å². The lowest BCUT2D eigenvalue weighted by atomic mass is 10.0. The fourth-order valence-electron chi connectivity index (χ4n) is 4.64. The molecule has 5 N–H and O–H groups in total. The number of carboxylic acid groups (broad SMARTS) is 3. The summed E-state index contributed by atoms with van der Waals surface area (Å²) in [5.74, 6) is -2.60. The molecule has 0 aliphatic heterocycles. The lowest BCUT2D eigenvalue weighted by molar-refractivity contribution is -0.138. The summed E-state index contributed by atoms with van der Waals surface area (Å²) >= 11 is 4.74. The Bertz CT molecular complexity index is 608. The average molecular weight is 681 g/mol. The molecule has 0 aromatic heterocycles. The van der Waals surface area contributed by atoms with E-state index in [4.69, 9.17) is 32.7 Å². The number of hydrogen-bond acceptors (Lipinski definition) is 5. The maximum absolute atomic E-state index is 10.3. The smallest absolute Gasteiger partial charge is 0.318 e. The summed E-state index contributed by atoms with van der Waals surface area (Å²) in [6, 6.07) is 0. The highest BCUT2D eigenvalue weighted by molar-refractivity contribution is 6.26. The summed E-state index contributed by atoms with van der Waals surface area (Å²) in [6.07, 6.45) is 32.8. The van der Waals surface area contributed by atoms with Crippen LogP contribution in [0.3, 0.4) is 0 Å². The first kappa shape index (κ1) is 51.5. The lowest BCUT2D eigenvalue weighted by Gasteiger charge is -2.05. The Hall–Kier alpha value is -1.38. The second kappa shape index (κ2) is 48.0. The van der Waals surface area contributed by atoms with Gasteiger partial charge in [-0.05, 0) is 46.4 Å². The SMILES string of the molecule is CCCCCCCCCCCC(=O)O.CCCCCCCCCCCCCCCCCC(=O)O.CN(C)CCCN.O=C(O)CCl. The molecule has 8 nitrogen and oxygen atoms in total. The van der Waals surface area contributed by atoms with E-state index in [-0.39, 0.29) is 5.88 Å². The third-order valence-electron chi connectivity index (χ3n) is 7.41. The van der Waals surface area contributed by atoms with Gasteiger partial charge in [0.2, 0.25) is 0 Å². The van der Waals surface area contributed by atoms with Crippen LogP contribution in [-0.2, 0) is 14.4 Å². The van der Waals surface area contributed by atoms with Crippen LogP contribution in [0.15, 0.2) is 0 Å².